The van der Waals surface area contributed by atoms with E-state index in [0.29, 0.717) is 12.8 Å². The zero-order valence-corrected chi connectivity index (χ0v) is 12.8. The number of nitrogens with one attached hydrogen (secondary N) is 1. The lowest BCUT2D eigenvalue weighted by atomic mass is 10.1. The predicted octanol–water partition coefficient (Wildman–Crippen LogP) is 2.11. The van der Waals surface area contributed by atoms with Gasteiger partial charge in [0, 0.05) is 24.7 Å². The maximum Gasteiger partial charge on any atom is 0.221 e. The van der Waals surface area contributed by atoms with Gasteiger partial charge in [-0.25, -0.2) is 0 Å². The summed E-state index contributed by atoms with van der Waals surface area (Å²) in [6.07, 6.45) is 3.66. The summed E-state index contributed by atoms with van der Waals surface area (Å²) < 4.78 is 0. The van der Waals surface area contributed by atoms with Crippen molar-refractivity contribution >= 4 is 30.3 Å². The van der Waals surface area contributed by atoms with Crippen molar-refractivity contribution in [3.05, 3.63) is 35.9 Å². The highest BCUT2D eigenvalue weighted by Gasteiger charge is 2.14. The molecule has 0 fully saturated rings. The van der Waals surface area contributed by atoms with Crippen molar-refractivity contribution in [2.24, 2.45) is 0 Å². The number of benzene rings is 1. The van der Waals surface area contributed by atoms with Gasteiger partial charge < -0.3 is 10.4 Å². The molecule has 2 unspecified atom stereocenters. The minimum absolute atomic E-state index is 0.0104. The Morgan fingerprint density at radius 2 is 2.11 bits per heavy atom. The summed E-state index contributed by atoms with van der Waals surface area (Å²) in [4.78, 5) is 11.8. The molecule has 2 atom stereocenters. The highest BCUT2D eigenvalue weighted by atomic mass is 32.2. The average Bonchev–Trinajstić information content (AvgIpc) is 2.39. The van der Waals surface area contributed by atoms with Crippen LogP contribution in [0.1, 0.15) is 18.4 Å². The molecule has 1 aromatic carbocycles. The quantitative estimate of drug-likeness (QED) is 0.509. The lowest BCUT2D eigenvalue weighted by molar-refractivity contribution is -0.121. The third-order valence-corrected chi connectivity index (χ3v) is 4.02. The van der Waals surface area contributed by atoms with Crippen LogP contribution in [0, 0.1) is 0 Å². The van der Waals surface area contributed by atoms with Gasteiger partial charge in [0.1, 0.15) is 0 Å². The fourth-order valence-electron chi connectivity index (χ4n) is 1.78. The number of aliphatic hydroxyl groups is 1. The van der Waals surface area contributed by atoms with Crippen LogP contribution in [0.3, 0.4) is 0 Å². The van der Waals surface area contributed by atoms with Crippen LogP contribution in [0.5, 0.6) is 0 Å². The summed E-state index contributed by atoms with van der Waals surface area (Å²) in [5, 5.41) is 11.8. The van der Waals surface area contributed by atoms with Crippen molar-refractivity contribution in [1.82, 2.24) is 5.32 Å². The third-order valence-electron chi connectivity index (χ3n) is 2.73. The number of hydrogen-bond donors (Lipinski definition) is 3. The fourth-order valence-corrected chi connectivity index (χ4v) is 2.74. The predicted molar refractivity (Wildman–Crippen MR) is 84.7 cm³/mol. The van der Waals surface area contributed by atoms with Gasteiger partial charge in [-0.15, -0.1) is 11.8 Å². The number of hydrogen-bond acceptors (Lipinski definition) is 4. The number of rotatable bonds is 8. The van der Waals surface area contributed by atoms with E-state index in [2.05, 4.69) is 17.9 Å². The van der Waals surface area contributed by atoms with E-state index < -0.39 is 0 Å². The first-order chi connectivity index (χ1) is 9.15. The first kappa shape index (κ1) is 16.4. The Labute approximate surface area is 124 Å². The van der Waals surface area contributed by atoms with E-state index in [1.165, 1.54) is 17.3 Å². The fraction of sp³-hybridized carbons (Fsp3) is 0.500. The number of thiol groups is 1. The van der Waals surface area contributed by atoms with Crippen LogP contribution in [0.15, 0.2) is 30.3 Å². The molecule has 19 heavy (non-hydrogen) atoms. The molecule has 106 valence electrons. The summed E-state index contributed by atoms with van der Waals surface area (Å²) in [6, 6.07) is 10.0. The number of carbonyl (C=O) groups excluding carboxylic acids is 1. The first-order valence-electron chi connectivity index (χ1n) is 6.30. The lowest BCUT2D eigenvalue weighted by Gasteiger charge is -2.17. The van der Waals surface area contributed by atoms with Gasteiger partial charge in [-0.2, -0.15) is 12.6 Å². The molecule has 0 saturated heterocycles. The first-order valence-corrected chi connectivity index (χ1v) is 8.11. The Morgan fingerprint density at radius 1 is 1.42 bits per heavy atom. The summed E-state index contributed by atoms with van der Waals surface area (Å²) >= 11 is 6.00. The molecular weight excluding hydrogens is 278 g/mol. The van der Waals surface area contributed by atoms with Gasteiger partial charge in [-0.1, -0.05) is 30.3 Å². The average molecular weight is 299 g/mol. The molecule has 0 aliphatic heterocycles. The van der Waals surface area contributed by atoms with Crippen LogP contribution < -0.4 is 5.32 Å². The van der Waals surface area contributed by atoms with Crippen molar-refractivity contribution in [3.8, 4) is 0 Å². The summed E-state index contributed by atoms with van der Waals surface area (Å²) in [7, 11) is 0. The maximum absolute atomic E-state index is 11.8. The van der Waals surface area contributed by atoms with Crippen molar-refractivity contribution in [3.63, 3.8) is 0 Å². The molecule has 0 spiro atoms. The normalized spacial score (nSPS) is 13.8. The molecule has 0 aliphatic rings. The van der Waals surface area contributed by atoms with Gasteiger partial charge in [-0.05, 0) is 18.2 Å². The zero-order valence-electron chi connectivity index (χ0n) is 11.1. The van der Waals surface area contributed by atoms with Crippen LogP contribution in [0.25, 0.3) is 0 Å². The molecule has 2 N–H and O–H groups in total. The SMILES string of the molecule is CSC(CCO)NC(=O)CC(S)Cc1ccccc1. The van der Waals surface area contributed by atoms with Gasteiger partial charge in [0.25, 0.3) is 0 Å². The Hall–Kier alpha value is -0.650. The van der Waals surface area contributed by atoms with Crippen LogP contribution in [0.2, 0.25) is 0 Å². The topological polar surface area (TPSA) is 49.3 Å². The molecule has 0 saturated carbocycles. The minimum atomic E-state index is -0.0187. The molecule has 5 heteroatoms. The van der Waals surface area contributed by atoms with Gasteiger partial charge in [-0.3, -0.25) is 4.79 Å². The van der Waals surface area contributed by atoms with Crippen molar-refractivity contribution < 1.29 is 9.90 Å². The maximum atomic E-state index is 11.8. The van der Waals surface area contributed by atoms with Crippen LogP contribution in [0.4, 0.5) is 0 Å². The third kappa shape index (κ3) is 6.89. The van der Waals surface area contributed by atoms with Crippen molar-refractivity contribution in [2.45, 2.75) is 29.9 Å². The molecule has 1 aromatic rings. The molecule has 3 nitrogen and oxygen atoms in total. The number of thioether (sulfide) groups is 1. The smallest absolute Gasteiger partial charge is 0.221 e. The summed E-state index contributed by atoms with van der Waals surface area (Å²) in [5.74, 6) is -0.0104. The monoisotopic (exact) mass is 299 g/mol. The van der Waals surface area contributed by atoms with Crippen molar-refractivity contribution in [1.29, 1.82) is 0 Å². The lowest BCUT2D eigenvalue weighted by Crippen LogP contribution is -2.34. The van der Waals surface area contributed by atoms with E-state index in [9.17, 15) is 4.79 Å². The Morgan fingerprint density at radius 3 is 2.68 bits per heavy atom. The molecule has 1 amide bonds. The number of amides is 1. The molecule has 0 radical (unpaired) electrons. The van der Waals surface area contributed by atoms with Gasteiger partial charge >= 0.3 is 0 Å². The summed E-state index contributed by atoms with van der Waals surface area (Å²) in [5.41, 5.74) is 1.19. The van der Waals surface area contributed by atoms with E-state index in [1.54, 1.807) is 0 Å². The van der Waals surface area contributed by atoms with Gasteiger partial charge in [0.05, 0.1) is 5.37 Å². The molecule has 0 aromatic heterocycles. The van der Waals surface area contributed by atoms with Gasteiger partial charge in [0.15, 0.2) is 0 Å². The minimum Gasteiger partial charge on any atom is -0.396 e. The second kappa shape index (κ2) is 9.28. The van der Waals surface area contributed by atoms with Crippen molar-refractivity contribution in [2.75, 3.05) is 12.9 Å². The van der Waals surface area contributed by atoms with Crippen LogP contribution in [-0.4, -0.2) is 34.5 Å². The molecule has 0 heterocycles. The largest absolute Gasteiger partial charge is 0.396 e. The molecule has 0 bridgehead atoms. The molecule has 1 rings (SSSR count). The van der Waals surface area contributed by atoms with E-state index in [-0.39, 0.29) is 23.1 Å². The molecule has 0 aliphatic carbocycles. The second-order valence-corrected chi connectivity index (χ2v) is 6.12. The Kier molecular flexibility index (Phi) is 8.02. The number of carbonyl (C=O) groups is 1. The van der Waals surface area contributed by atoms with E-state index in [0.717, 1.165) is 6.42 Å². The van der Waals surface area contributed by atoms with Crippen LogP contribution in [-0.2, 0) is 11.2 Å². The van der Waals surface area contributed by atoms with E-state index >= 15 is 0 Å². The standard InChI is InChI=1S/C14H21NO2S2/c1-19-14(7-8-16)15-13(17)10-12(18)9-11-5-3-2-4-6-11/h2-6,12,14,16,18H,7-10H2,1H3,(H,15,17). The van der Waals surface area contributed by atoms with E-state index in [1.807, 2.05) is 36.6 Å². The molecular formula is C14H21NO2S2. The Balaban J connectivity index is 2.35. The van der Waals surface area contributed by atoms with Crippen LogP contribution >= 0.6 is 24.4 Å². The summed E-state index contributed by atoms with van der Waals surface area (Å²) in [6.45, 7) is 0.0834. The highest BCUT2D eigenvalue weighted by molar-refractivity contribution is 7.99. The second-order valence-electron chi connectivity index (χ2n) is 4.35. The van der Waals surface area contributed by atoms with E-state index in [4.69, 9.17) is 5.11 Å². The highest BCUT2D eigenvalue weighted by Crippen LogP contribution is 2.12. The zero-order chi connectivity index (χ0) is 14.1. The number of aliphatic hydroxyl groups excluding tert-OH is 1. The Bertz CT molecular complexity index is 373. The van der Waals surface area contributed by atoms with Gasteiger partial charge in [0.2, 0.25) is 5.91 Å².